The highest BCUT2D eigenvalue weighted by atomic mass is 32.3. The molecule has 2 fully saturated rings. The summed E-state index contributed by atoms with van der Waals surface area (Å²) in [7, 11) is -1.05. The minimum Gasteiger partial charge on any atom is -0.490 e. The third kappa shape index (κ3) is 2.19. The van der Waals surface area contributed by atoms with Gasteiger partial charge in [0.05, 0.1) is 0 Å². The molecule has 0 N–H and O–H groups in total. The summed E-state index contributed by atoms with van der Waals surface area (Å²) < 4.78 is 16.1. The first-order valence-electron chi connectivity index (χ1n) is 5.57. The predicted molar refractivity (Wildman–Crippen MR) is 63.2 cm³/mol. The maximum Gasteiger partial charge on any atom is 0.120 e. The Bertz CT molecular complexity index is 380. The van der Waals surface area contributed by atoms with Crippen LogP contribution in [-0.4, -0.2) is 17.6 Å². The lowest BCUT2D eigenvalue weighted by Crippen LogP contribution is -2.25. The van der Waals surface area contributed by atoms with Gasteiger partial charge in [0.2, 0.25) is 0 Å². The average Bonchev–Trinajstić information content (AvgIpc) is 3.02. The molecule has 0 bridgehead atoms. The lowest BCUT2D eigenvalue weighted by Gasteiger charge is -2.28. The second-order valence-corrected chi connectivity index (χ2v) is 6.89. The summed E-state index contributed by atoms with van der Waals surface area (Å²) in [5.41, 5.74) is 1.12. The molecule has 3 rings (SSSR count). The van der Waals surface area contributed by atoms with Crippen molar-refractivity contribution in [2.24, 2.45) is 0 Å². The number of benzene rings is 1. The summed E-state index contributed by atoms with van der Waals surface area (Å²) in [5, 5.41) is 0. The SMILES string of the molecule is Cc1[c]ccc(OC2CCS3(CC2)OO3)c1. The maximum atomic E-state index is 5.94. The lowest BCUT2D eigenvalue weighted by atomic mass is 10.2. The molecule has 87 valence electrons. The quantitative estimate of drug-likeness (QED) is 0.588. The fourth-order valence-corrected chi connectivity index (χ4v) is 4.02. The Morgan fingerprint density at radius 3 is 2.75 bits per heavy atom. The zero-order valence-electron chi connectivity index (χ0n) is 9.27. The Balaban J connectivity index is 1.59. The second-order valence-electron chi connectivity index (χ2n) is 4.31. The van der Waals surface area contributed by atoms with Crippen LogP contribution in [-0.2, 0) is 8.67 Å². The molecule has 0 saturated carbocycles. The van der Waals surface area contributed by atoms with Crippen LogP contribution >= 0.6 is 10.6 Å². The number of rotatable bonds is 2. The normalized spacial score (nSPS) is 25.3. The first-order chi connectivity index (χ1) is 7.76. The smallest absolute Gasteiger partial charge is 0.120 e. The van der Waals surface area contributed by atoms with Gasteiger partial charge >= 0.3 is 0 Å². The van der Waals surface area contributed by atoms with E-state index in [-0.39, 0.29) is 0 Å². The molecular formula is C12H15O3S. The van der Waals surface area contributed by atoms with Gasteiger partial charge in [-0.2, -0.15) is 0 Å². The number of hydrogen-bond acceptors (Lipinski definition) is 3. The number of hydrogen-bond donors (Lipinski definition) is 0. The highest BCUT2D eigenvalue weighted by molar-refractivity contribution is 8.29. The lowest BCUT2D eigenvalue weighted by molar-refractivity contribution is 0.0850. The summed E-state index contributed by atoms with van der Waals surface area (Å²) in [4.78, 5) is 0. The van der Waals surface area contributed by atoms with E-state index < -0.39 is 10.6 Å². The summed E-state index contributed by atoms with van der Waals surface area (Å²) >= 11 is 0. The third-order valence-corrected chi connectivity index (χ3v) is 5.22. The standard InChI is InChI=1S/C12H15O3S/c1-10-3-2-4-12(9-10)13-11-5-7-16(8-6-11)14-15-16/h2,4,9,11H,5-8H2,1H3. The molecule has 1 aromatic carbocycles. The minimum absolute atomic E-state index is 0.313. The van der Waals surface area contributed by atoms with Crippen molar-refractivity contribution >= 4 is 10.6 Å². The van der Waals surface area contributed by atoms with Crippen LogP contribution < -0.4 is 4.74 Å². The van der Waals surface area contributed by atoms with Crippen LogP contribution in [0.5, 0.6) is 5.75 Å². The molecule has 0 amide bonds. The molecule has 2 aliphatic heterocycles. The van der Waals surface area contributed by atoms with Gasteiger partial charge in [0.25, 0.3) is 0 Å². The van der Waals surface area contributed by atoms with Crippen LogP contribution in [0.3, 0.4) is 0 Å². The largest absolute Gasteiger partial charge is 0.490 e. The Morgan fingerprint density at radius 2 is 2.12 bits per heavy atom. The Kier molecular flexibility index (Phi) is 2.58. The van der Waals surface area contributed by atoms with Crippen LogP contribution in [0, 0.1) is 13.0 Å². The molecule has 0 atom stereocenters. The molecule has 16 heavy (non-hydrogen) atoms. The van der Waals surface area contributed by atoms with E-state index in [4.69, 9.17) is 13.4 Å². The van der Waals surface area contributed by atoms with E-state index >= 15 is 0 Å². The van der Waals surface area contributed by atoms with E-state index in [1.54, 1.807) is 0 Å². The molecule has 0 aromatic heterocycles. The van der Waals surface area contributed by atoms with Crippen LogP contribution in [0.15, 0.2) is 18.2 Å². The van der Waals surface area contributed by atoms with E-state index in [9.17, 15) is 0 Å². The fourth-order valence-electron chi connectivity index (χ4n) is 1.99. The van der Waals surface area contributed by atoms with Crippen molar-refractivity contribution in [1.29, 1.82) is 0 Å². The summed E-state index contributed by atoms with van der Waals surface area (Å²) in [5.74, 6) is 3.00. The zero-order valence-corrected chi connectivity index (χ0v) is 10.1. The van der Waals surface area contributed by atoms with E-state index in [1.807, 2.05) is 25.1 Å². The van der Waals surface area contributed by atoms with Crippen molar-refractivity contribution in [2.45, 2.75) is 25.9 Å². The molecule has 2 heterocycles. The van der Waals surface area contributed by atoms with Crippen LogP contribution in [0.2, 0.25) is 0 Å². The van der Waals surface area contributed by atoms with E-state index in [0.717, 1.165) is 35.7 Å². The first-order valence-corrected chi connectivity index (χ1v) is 7.39. The van der Waals surface area contributed by atoms with Crippen molar-refractivity contribution < 1.29 is 13.4 Å². The Morgan fingerprint density at radius 1 is 1.38 bits per heavy atom. The highest BCUT2D eigenvalue weighted by Gasteiger charge is 2.42. The van der Waals surface area contributed by atoms with Crippen molar-refractivity contribution in [3.63, 3.8) is 0 Å². The second kappa shape index (κ2) is 3.95. The average molecular weight is 239 g/mol. The molecule has 0 unspecified atom stereocenters. The van der Waals surface area contributed by atoms with E-state index in [1.165, 1.54) is 0 Å². The molecular weight excluding hydrogens is 224 g/mol. The van der Waals surface area contributed by atoms with Gasteiger partial charge in [-0.05, 0) is 30.7 Å². The van der Waals surface area contributed by atoms with Crippen molar-refractivity contribution in [1.82, 2.24) is 0 Å². The van der Waals surface area contributed by atoms with Gasteiger partial charge in [-0.1, -0.05) is 6.07 Å². The van der Waals surface area contributed by atoms with Gasteiger partial charge in [-0.25, -0.2) is 0 Å². The van der Waals surface area contributed by atoms with Crippen molar-refractivity contribution in [3.05, 3.63) is 29.8 Å². The molecule has 2 saturated heterocycles. The van der Waals surface area contributed by atoms with E-state index in [2.05, 4.69) is 6.07 Å². The van der Waals surface area contributed by atoms with Gasteiger partial charge in [0.1, 0.15) is 11.9 Å². The Hall–Kier alpha value is -0.710. The van der Waals surface area contributed by atoms with Crippen LogP contribution in [0.1, 0.15) is 18.4 Å². The molecule has 1 aromatic rings. The summed E-state index contributed by atoms with van der Waals surface area (Å²) in [6.45, 7) is 2.03. The fraction of sp³-hybridized carbons (Fsp3) is 0.500. The van der Waals surface area contributed by atoms with Gasteiger partial charge in [-0.3, -0.25) is 0 Å². The minimum atomic E-state index is -1.05. The highest BCUT2D eigenvalue weighted by Crippen LogP contribution is 2.67. The van der Waals surface area contributed by atoms with E-state index in [0.29, 0.717) is 6.10 Å². The summed E-state index contributed by atoms with van der Waals surface area (Å²) in [6, 6.07) is 9.02. The van der Waals surface area contributed by atoms with Gasteiger partial charge < -0.3 is 4.74 Å². The predicted octanol–water partition coefficient (Wildman–Crippen LogP) is 2.93. The number of aryl methyl sites for hydroxylation is 1. The van der Waals surface area contributed by atoms with Crippen molar-refractivity contribution in [3.8, 4) is 5.75 Å². The molecule has 3 nitrogen and oxygen atoms in total. The zero-order chi connectivity index (χ0) is 11.0. The van der Waals surface area contributed by atoms with Crippen molar-refractivity contribution in [2.75, 3.05) is 11.5 Å². The van der Waals surface area contributed by atoms with Crippen LogP contribution in [0.25, 0.3) is 0 Å². The monoisotopic (exact) mass is 239 g/mol. The third-order valence-electron chi connectivity index (χ3n) is 2.98. The van der Waals surface area contributed by atoms with Gasteiger partial charge in [0.15, 0.2) is 0 Å². The van der Waals surface area contributed by atoms with Crippen LogP contribution in [0.4, 0.5) is 0 Å². The molecule has 2 aliphatic rings. The topological polar surface area (TPSA) is 34.3 Å². The first kappa shape index (κ1) is 10.4. The molecule has 1 spiro atoms. The maximum absolute atomic E-state index is 5.94. The molecule has 0 aliphatic carbocycles. The van der Waals surface area contributed by atoms with Gasteiger partial charge in [0, 0.05) is 24.3 Å². The molecule has 1 radical (unpaired) electrons. The Labute approximate surface area is 97.4 Å². The summed E-state index contributed by atoms with van der Waals surface area (Å²) in [6.07, 6.45) is 2.38. The molecule has 4 heteroatoms. The van der Waals surface area contributed by atoms with Gasteiger partial charge in [-0.15, -0.1) is 19.3 Å². The number of ether oxygens (including phenoxy) is 1.